The Balaban J connectivity index is 0.00000561. The van der Waals surface area contributed by atoms with Crippen LogP contribution in [-0.4, -0.2) is 53.5 Å². The summed E-state index contributed by atoms with van der Waals surface area (Å²) in [6.45, 7) is 15.0. The largest absolute Gasteiger partial charge is 0.493 e. The van der Waals surface area contributed by atoms with E-state index in [1.54, 1.807) is 12.3 Å². The smallest absolute Gasteiger partial charge is 0.249 e. The molecule has 0 spiro atoms. The van der Waals surface area contributed by atoms with Crippen molar-refractivity contribution >= 4 is 40.1 Å². The lowest BCUT2D eigenvalue weighted by Crippen LogP contribution is -2.48. The molecule has 282 valence electrons. The van der Waals surface area contributed by atoms with Gasteiger partial charge in [-0.3, -0.25) is 9.69 Å². The number of aryl methyl sites for hydroxylation is 3. The molecule has 1 saturated heterocycles. The number of ether oxygens (including phenoxy) is 3. The summed E-state index contributed by atoms with van der Waals surface area (Å²) in [7, 11) is 0. The van der Waals surface area contributed by atoms with E-state index >= 15 is 0 Å². The fourth-order valence-electron chi connectivity index (χ4n) is 6.26. The molecule has 1 amide bonds. The van der Waals surface area contributed by atoms with Crippen LogP contribution in [0.3, 0.4) is 0 Å². The van der Waals surface area contributed by atoms with E-state index in [4.69, 9.17) is 25.8 Å². The van der Waals surface area contributed by atoms with Crippen LogP contribution in [0.1, 0.15) is 52.8 Å². The summed E-state index contributed by atoms with van der Waals surface area (Å²) in [5.41, 5.74) is 9.42. The summed E-state index contributed by atoms with van der Waals surface area (Å²) < 4.78 is 17.9. The maximum absolute atomic E-state index is 13.6. The van der Waals surface area contributed by atoms with Gasteiger partial charge in [-0.25, -0.2) is 4.98 Å². The molecule has 0 saturated carbocycles. The predicted octanol–water partition coefficient (Wildman–Crippen LogP) is 10.4. The number of carbonyl (C=O) groups excluding carboxylic acids is 1. The van der Waals surface area contributed by atoms with Crippen LogP contribution in [0, 0.1) is 20.8 Å². The van der Waals surface area contributed by atoms with Gasteiger partial charge in [0.05, 0.1) is 17.8 Å². The highest BCUT2D eigenvalue weighted by molar-refractivity contribution is 8.93. The Bertz CT molecular complexity index is 2000. The first-order valence-electron chi connectivity index (χ1n) is 18.2. The second-order valence-corrected chi connectivity index (χ2v) is 14.3. The molecule has 5 aromatic rings. The van der Waals surface area contributed by atoms with Gasteiger partial charge in [0.2, 0.25) is 11.8 Å². The van der Waals surface area contributed by atoms with Crippen molar-refractivity contribution in [2.45, 2.75) is 54.2 Å². The third kappa shape index (κ3) is 11.0. The van der Waals surface area contributed by atoms with Gasteiger partial charge in [-0.2, -0.15) is 0 Å². The summed E-state index contributed by atoms with van der Waals surface area (Å²) in [6, 6.07) is 32.7. The van der Waals surface area contributed by atoms with Crippen LogP contribution in [0.5, 0.6) is 23.1 Å². The molecule has 0 unspecified atom stereocenters. The molecular weight excluding hydrogens is 762 g/mol. The monoisotopic (exact) mass is 809 g/mol. The molecule has 0 N–H and O–H groups in total. The van der Waals surface area contributed by atoms with E-state index in [2.05, 4.69) is 84.4 Å². The number of carbonyl (C=O) groups is 1. The topological polar surface area (TPSA) is 64.1 Å². The second kappa shape index (κ2) is 19.1. The predicted molar refractivity (Wildman–Crippen MR) is 223 cm³/mol. The molecule has 6 rings (SSSR count). The molecule has 9 heteroatoms. The van der Waals surface area contributed by atoms with Crippen molar-refractivity contribution in [3.63, 3.8) is 0 Å². The highest BCUT2D eigenvalue weighted by atomic mass is 79.9. The van der Waals surface area contributed by atoms with Crippen molar-refractivity contribution < 1.29 is 19.0 Å². The molecule has 0 atom stereocenters. The standard InChI is InChI=1S/C45H48ClN3O4.BrH/c1-31-6-10-38(11-7-31)30-52-41-18-19-43(47-28-41)53-44-33(3)26-39(27-42(44)46)34(4)35(5)45(50)49-23-21-48(22-24-49)29-37-14-12-36(13-15-37)20-25-51-40-16-8-32(2)9-17-40;/h6-19,26-28H,20-25,29-30H2,1-5H3;1H. The molecule has 0 aliphatic carbocycles. The molecule has 1 aliphatic heterocycles. The highest BCUT2D eigenvalue weighted by Gasteiger charge is 2.24. The second-order valence-electron chi connectivity index (χ2n) is 13.9. The first-order chi connectivity index (χ1) is 25.6. The minimum Gasteiger partial charge on any atom is -0.493 e. The zero-order valence-electron chi connectivity index (χ0n) is 31.7. The number of benzene rings is 4. The van der Waals surface area contributed by atoms with Crippen molar-refractivity contribution in [3.05, 3.63) is 153 Å². The minimum absolute atomic E-state index is 0. The van der Waals surface area contributed by atoms with E-state index in [-0.39, 0.29) is 22.9 Å². The van der Waals surface area contributed by atoms with Crippen LogP contribution in [0.4, 0.5) is 0 Å². The van der Waals surface area contributed by atoms with Crippen molar-refractivity contribution in [2.24, 2.45) is 0 Å². The van der Waals surface area contributed by atoms with Crippen molar-refractivity contribution in [1.29, 1.82) is 0 Å². The van der Waals surface area contributed by atoms with Crippen molar-refractivity contribution in [2.75, 3.05) is 32.8 Å². The van der Waals surface area contributed by atoms with E-state index in [9.17, 15) is 4.79 Å². The number of hydrogen-bond acceptors (Lipinski definition) is 6. The Hall–Kier alpha value is -4.63. The van der Waals surface area contributed by atoms with E-state index < -0.39 is 0 Å². The molecule has 1 aliphatic rings. The normalized spacial score (nSPS) is 13.5. The number of rotatable bonds is 13. The van der Waals surface area contributed by atoms with Crippen molar-refractivity contribution in [3.8, 4) is 23.1 Å². The van der Waals surface area contributed by atoms with Crippen LogP contribution < -0.4 is 14.2 Å². The lowest BCUT2D eigenvalue weighted by Gasteiger charge is -2.35. The number of piperazine rings is 1. The molecular formula is C45H49BrClN3O4. The van der Waals surface area contributed by atoms with Gasteiger partial charge in [0, 0.05) is 50.8 Å². The Morgan fingerprint density at radius 3 is 1.98 bits per heavy atom. The van der Waals surface area contributed by atoms with Crippen molar-refractivity contribution in [1.82, 2.24) is 14.8 Å². The molecule has 54 heavy (non-hydrogen) atoms. The van der Waals surface area contributed by atoms with Crippen LogP contribution in [0.2, 0.25) is 5.02 Å². The lowest BCUT2D eigenvalue weighted by atomic mass is 9.99. The van der Waals surface area contributed by atoms with Gasteiger partial charge in [0.1, 0.15) is 18.1 Å². The molecule has 4 aromatic carbocycles. The summed E-state index contributed by atoms with van der Waals surface area (Å²) in [5.74, 6) is 2.57. The third-order valence-corrected chi connectivity index (χ3v) is 10.0. The maximum Gasteiger partial charge on any atom is 0.249 e. The van der Waals surface area contributed by atoms with E-state index in [0.29, 0.717) is 54.3 Å². The highest BCUT2D eigenvalue weighted by Crippen LogP contribution is 2.36. The zero-order valence-corrected chi connectivity index (χ0v) is 34.2. The van der Waals surface area contributed by atoms with Gasteiger partial charge in [0.25, 0.3) is 0 Å². The van der Waals surface area contributed by atoms with E-state index in [0.717, 1.165) is 54.1 Å². The van der Waals surface area contributed by atoms with E-state index in [1.807, 2.05) is 56.0 Å². The first kappa shape index (κ1) is 40.6. The maximum atomic E-state index is 13.6. The number of amides is 1. The van der Waals surface area contributed by atoms with Gasteiger partial charge in [0.15, 0.2) is 5.75 Å². The van der Waals surface area contributed by atoms with Crippen LogP contribution in [0.15, 0.2) is 109 Å². The quantitative estimate of drug-likeness (QED) is 0.110. The lowest BCUT2D eigenvalue weighted by molar-refractivity contribution is -0.128. The third-order valence-electron chi connectivity index (χ3n) is 9.76. The number of pyridine rings is 1. The van der Waals surface area contributed by atoms with Gasteiger partial charge in [-0.05, 0) is 98.3 Å². The minimum atomic E-state index is 0. The van der Waals surface area contributed by atoms with Gasteiger partial charge in [-0.15, -0.1) is 17.0 Å². The number of aromatic nitrogens is 1. The fraction of sp³-hybridized carbons (Fsp3) is 0.289. The summed E-state index contributed by atoms with van der Waals surface area (Å²) in [4.78, 5) is 22.4. The number of nitrogens with zero attached hydrogens (tertiary/aromatic N) is 3. The van der Waals surface area contributed by atoms with Gasteiger partial charge < -0.3 is 19.1 Å². The SMILES string of the molecule is Br.CC(C(=O)N1CCN(Cc2ccc(CCOc3ccc(C)cc3)cc2)CC1)=C(C)c1cc(C)c(Oc2ccc(OCc3ccc(C)cc3)cn2)c(Cl)c1. The number of halogens is 2. The fourth-order valence-corrected chi connectivity index (χ4v) is 6.56. The van der Waals surface area contributed by atoms with Crippen LogP contribution in [0.25, 0.3) is 5.57 Å². The zero-order chi connectivity index (χ0) is 37.3. The molecule has 0 bridgehead atoms. The average Bonchev–Trinajstić information content (AvgIpc) is 3.17. The molecule has 1 fully saturated rings. The Labute approximate surface area is 335 Å². The van der Waals surface area contributed by atoms with Gasteiger partial charge >= 0.3 is 0 Å². The Kier molecular flexibility index (Phi) is 14.3. The Morgan fingerprint density at radius 2 is 1.35 bits per heavy atom. The van der Waals surface area contributed by atoms with Crippen LogP contribution in [-0.2, 0) is 24.4 Å². The number of allylic oxidation sites excluding steroid dienone is 1. The summed E-state index contributed by atoms with van der Waals surface area (Å²) in [5, 5.41) is 0.457. The van der Waals surface area contributed by atoms with E-state index in [1.165, 1.54) is 22.3 Å². The number of hydrogen-bond donors (Lipinski definition) is 0. The van der Waals surface area contributed by atoms with Gasteiger partial charge in [-0.1, -0.05) is 83.4 Å². The molecule has 1 aromatic heterocycles. The summed E-state index contributed by atoms with van der Waals surface area (Å²) in [6.07, 6.45) is 2.51. The molecule has 0 radical (unpaired) electrons. The molecule has 7 nitrogen and oxygen atoms in total. The van der Waals surface area contributed by atoms with Crippen LogP contribution >= 0.6 is 28.6 Å². The first-order valence-corrected chi connectivity index (χ1v) is 18.6. The average molecular weight is 811 g/mol. The summed E-state index contributed by atoms with van der Waals surface area (Å²) >= 11 is 6.76. The molecule has 2 heterocycles. The Morgan fingerprint density at radius 1 is 0.741 bits per heavy atom.